The smallest absolute Gasteiger partial charge is 0.132 e. The van der Waals surface area contributed by atoms with Gasteiger partial charge in [0, 0.05) is 36.1 Å². The number of anilines is 3. The molecule has 144 valence electrons. The molecule has 1 fully saturated rings. The molecule has 0 radical (unpaired) electrons. The van der Waals surface area contributed by atoms with Crippen LogP contribution in [-0.2, 0) is 4.74 Å². The van der Waals surface area contributed by atoms with Crippen LogP contribution in [0.3, 0.4) is 0 Å². The minimum absolute atomic E-state index is 0.746. The molecule has 0 aliphatic carbocycles. The molecule has 4 aromatic rings. The van der Waals surface area contributed by atoms with E-state index in [9.17, 15) is 0 Å². The molecule has 0 unspecified atom stereocenters. The number of nitrogens with one attached hydrogen (secondary N) is 1. The Labute approximate surface area is 169 Å². The summed E-state index contributed by atoms with van der Waals surface area (Å²) in [4.78, 5) is 16.1. The Hall–Kier alpha value is -3.51. The molecule has 6 heteroatoms. The van der Waals surface area contributed by atoms with Gasteiger partial charge in [-0.05, 0) is 24.3 Å². The van der Waals surface area contributed by atoms with E-state index in [1.807, 2.05) is 36.4 Å². The van der Waals surface area contributed by atoms with E-state index < -0.39 is 0 Å². The molecule has 5 rings (SSSR count). The second-order valence-electron chi connectivity index (χ2n) is 6.95. The highest BCUT2D eigenvalue weighted by molar-refractivity contribution is 5.79. The third-order valence-electron chi connectivity index (χ3n) is 5.01. The van der Waals surface area contributed by atoms with Crippen LogP contribution in [0.4, 0.5) is 17.2 Å². The zero-order valence-corrected chi connectivity index (χ0v) is 16.0. The van der Waals surface area contributed by atoms with Crippen molar-refractivity contribution < 1.29 is 4.74 Å². The summed E-state index contributed by atoms with van der Waals surface area (Å²) in [5.74, 6) is 0.746. The Balaban J connectivity index is 1.37. The number of fused-ring (bicyclic) bond motifs is 1. The standard InChI is InChI=1S/C23H21N5O/c1-2-4-17(5-3-1)21-15-24-22-16-25-23(14-20(22)27-21)26-18-6-8-19(9-7-18)28-10-12-29-13-11-28/h1-9,14-16H,10-13H2,(H,25,26). The fourth-order valence-corrected chi connectivity index (χ4v) is 3.46. The van der Waals surface area contributed by atoms with E-state index in [0.717, 1.165) is 60.1 Å². The molecule has 0 spiro atoms. The van der Waals surface area contributed by atoms with Gasteiger partial charge in [-0.25, -0.2) is 9.97 Å². The maximum Gasteiger partial charge on any atom is 0.132 e. The maximum atomic E-state index is 5.42. The second kappa shape index (κ2) is 7.85. The van der Waals surface area contributed by atoms with Crippen molar-refractivity contribution >= 4 is 28.2 Å². The van der Waals surface area contributed by atoms with Crippen molar-refractivity contribution in [3.05, 3.63) is 73.1 Å². The highest BCUT2D eigenvalue weighted by Gasteiger charge is 2.11. The van der Waals surface area contributed by atoms with Crippen LogP contribution in [0.2, 0.25) is 0 Å². The minimum atomic E-state index is 0.746. The number of nitrogens with zero attached hydrogens (tertiary/aromatic N) is 4. The summed E-state index contributed by atoms with van der Waals surface area (Å²) in [7, 11) is 0. The van der Waals surface area contributed by atoms with E-state index in [4.69, 9.17) is 9.72 Å². The van der Waals surface area contributed by atoms with Crippen LogP contribution in [0.5, 0.6) is 0 Å². The van der Waals surface area contributed by atoms with Crippen LogP contribution in [0.15, 0.2) is 73.1 Å². The van der Waals surface area contributed by atoms with Gasteiger partial charge in [0.05, 0.1) is 36.8 Å². The van der Waals surface area contributed by atoms with Gasteiger partial charge < -0.3 is 15.0 Å². The molecule has 1 N–H and O–H groups in total. The van der Waals surface area contributed by atoms with E-state index in [1.54, 1.807) is 12.4 Å². The number of benzene rings is 2. The Kier molecular flexibility index (Phi) is 4.76. The summed E-state index contributed by atoms with van der Waals surface area (Å²) in [6, 6.07) is 20.4. The van der Waals surface area contributed by atoms with E-state index in [-0.39, 0.29) is 0 Å². The van der Waals surface area contributed by atoms with Crippen molar-refractivity contribution in [2.24, 2.45) is 0 Å². The van der Waals surface area contributed by atoms with Crippen molar-refractivity contribution in [3.8, 4) is 11.3 Å². The highest BCUT2D eigenvalue weighted by atomic mass is 16.5. The zero-order valence-electron chi connectivity index (χ0n) is 16.0. The predicted molar refractivity (Wildman–Crippen MR) is 116 cm³/mol. The molecule has 1 aliphatic rings. The maximum absolute atomic E-state index is 5.42. The quantitative estimate of drug-likeness (QED) is 0.568. The Morgan fingerprint density at radius 3 is 2.41 bits per heavy atom. The average Bonchev–Trinajstić information content (AvgIpc) is 2.80. The summed E-state index contributed by atoms with van der Waals surface area (Å²) in [6.07, 6.45) is 3.54. The minimum Gasteiger partial charge on any atom is -0.378 e. The second-order valence-corrected chi connectivity index (χ2v) is 6.95. The van der Waals surface area contributed by atoms with Gasteiger partial charge in [0.15, 0.2) is 0 Å². The van der Waals surface area contributed by atoms with Crippen molar-refractivity contribution in [2.75, 3.05) is 36.5 Å². The lowest BCUT2D eigenvalue weighted by molar-refractivity contribution is 0.122. The summed E-state index contributed by atoms with van der Waals surface area (Å²) < 4.78 is 5.42. The largest absolute Gasteiger partial charge is 0.378 e. The van der Waals surface area contributed by atoms with Crippen molar-refractivity contribution in [1.82, 2.24) is 15.0 Å². The zero-order chi connectivity index (χ0) is 19.5. The molecule has 1 saturated heterocycles. The highest BCUT2D eigenvalue weighted by Crippen LogP contribution is 2.23. The van der Waals surface area contributed by atoms with Crippen LogP contribution in [0.25, 0.3) is 22.3 Å². The molecule has 1 aliphatic heterocycles. The first-order valence-corrected chi connectivity index (χ1v) is 9.73. The number of morpholine rings is 1. The first-order valence-electron chi connectivity index (χ1n) is 9.73. The summed E-state index contributed by atoms with van der Waals surface area (Å²) >= 11 is 0. The Bertz CT molecular complexity index is 1110. The first kappa shape index (κ1) is 17.6. The molecule has 2 aromatic heterocycles. The SMILES string of the molecule is c1ccc(-c2cnc3cnc(Nc4ccc(N5CCOCC5)cc4)cc3n2)cc1. The van der Waals surface area contributed by atoms with Crippen LogP contribution in [-0.4, -0.2) is 41.3 Å². The van der Waals surface area contributed by atoms with Gasteiger partial charge in [-0.15, -0.1) is 0 Å². The van der Waals surface area contributed by atoms with Crippen LogP contribution in [0.1, 0.15) is 0 Å². The molecule has 6 nitrogen and oxygen atoms in total. The topological polar surface area (TPSA) is 63.2 Å². The monoisotopic (exact) mass is 383 g/mol. The summed E-state index contributed by atoms with van der Waals surface area (Å²) in [5, 5.41) is 3.36. The summed E-state index contributed by atoms with van der Waals surface area (Å²) in [6.45, 7) is 3.43. The van der Waals surface area contributed by atoms with Crippen LogP contribution in [0, 0.1) is 0 Å². The molecule has 2 aromatic carbocycles. The lowest BCUT2D eigenvalue weighted by Gasteiger charge is -2.28. The molecule has 0 bridgehead atoms. The van der Waals surface area contributed by atoms with Gasteiger partial charge in [0.1, 0.15) is 11.3 Å². The molecule has 0 amide bonds. The van der Waals surface area contributed by atoms with Crippen molar-refractivity contribution in [1.29, 1.82) is 0 Å². The molecular formula is C23H21N5O. The number of hydrogen-bond acceptors (Lipinski definition) is 6. The van der Waals surface area contributed by atoms with Crippen molar-refractivity contribution in [3.63, 3.8) is 0 Å². The van der Waals surface area contributed by atoms with Gasteiger partial charge in [-0.2, -0.15) is 0 Å². The van der Waals surface area contributed by atoms with E-state index in [0.29, 0.717) is 0 Å². The predicted octanol–water partition coefficient (Wildman–Crippen LogP) is 4.27. The Morgan fingerprint density at radius 2 is 1.62 bits per heavy atom. The third kappa shape index (κ3) is 3.88. The van der Waals surface area contributed by atoms with Crippen molar-refractivity contribution in [2.45, 2.75) is 0 Å². The molecule has 0 atom stereocenters. The van der Waals surface area contributed by atoms with E-state index in [2.05, 4.69) is 44.5 Å². The molecule has 3 heterocycles. The van der Waals surface area contributed by atoms with Gasteiger partial charge in [-0.1, -0.05) is 30.3 Å². The molecule has 29 heavy (non-hydrogen) atoms. The Morgan fingerprint density at radius 1 is 0.828 bits per heavy atom. The number of hydrogen-bond donors (Lipinski definition) is 1. The molecular weight excluding hydrogens is 362 g/mol. The van der Waals surface area contributed by atoms with Crippen LogP contribution < -0.4 is 10.2 Å². The summed E-state index contributed by atoms with van der Waals surface area (Å²) in [5.41, 5.74) is 5.69. The van der Waals surface area contributed by atoms with E-state index >= 15 is 0 Å². The molecule has 0 saturated carbocycles. The number of pyridine rings is 1. The average molecular weight is 383 g/mol. The van der Waals surface area contributed by atoms with Gasteiger partial charge in [0.2, 0.25) is 0 Å². The third-order valence-corrected chi connectivity index (χ3v) is 5.01. The normalized spacial score (nSPS) is 14.1. The van der Waals surface area contributed by atoms with E-state index in [1.165, 1.54) is 5.69 Å². The number of ether oxygens (including phenoxy) is 1. The first-order chi connectivity index (χ1) is 14.3. The lowest BCUT2D eigenvalue weighted by atomic mass is 10.1. The van der Waals surface area contributed by atoms with Gasteiger partial charge in [0.25, 0.3) is 0 Å². The lowest BCUT2D eigenvalue weighted by Crippen LogP contribution is -2.36. The number of aromatic nitrogens is 3. The van der Waals surface area contributed by atoms with Crippen LogP contribution >= 0.6 is 0 Å². The fraction of sp³-hybridized carbons (Fsp3) is 0.174. The number of rotatable bonds is 4. The fourth-order valence-electron chi connectivity index (χ4n) is 3.46. The van der Waals surface area contributed by atoms with Gasteiger partial charge in [-0.3, -0.25) is 4.98 Å². The van der Waals surface area contributed by atoms with Gasteiger partial charge >= 0.3 is 0 Å².